The summed E-state index contributed by atoms with van der Waals surface area (Å²) < 4.78 is 0. The van der Waals surface area contributed by atoms with Gasteiger partial charge in [0.15, 0.2) is 0 Å². The molecule has 2 aromatic carbocycles. The van der Waals surface area contributed by atoms with Crippen molar-refractivity contribution >= 4 is 17.6 Å². The molecule has 2 aliphatic heterocycles. The molecule has 0 spiro atoms. The maximum atomic E-state index is 12.8. The Bertz CT molecular complexity index is 1080. The first-order valence-electron chi connectivity index (χ1n) is 12.3. The first kappa shape index (κ1) is 22.5. The summed E-state index contributed by atoms with van der Waals surface area (Å²) in [5.41, 5.74) is 2.77. The summed E-state index contributed by atoms with van der Waals surface area (Å²) in [5.74, 6) is 7.13. The Kier molecular flexibility index (Phi) is 6.55. The summed E-state index contributed by atoms with van der Waals surface area (Å²) in [5, 5.41) is 12.9. The normalized spacial score (nSPS) is 24.5. The van der Waals surface area contributed by atoms with Gasteiger partial charge in [0.2, 0.25) is 5.91 Å². The number of piperazine rings is 1. The highest BCUT2D eigenvalue weighted by Crippen LogP contribution is 2.43. The van der Waals surface area contributed by atoms with Crippen LogP contribution in [0.15, 0.2) is 54.6 Å². The summed E-state index contributed by atoms with van der Waals surface area (Å²) >= 11 is 0. The van der Waals surface area contributed by atoms with Gasteiger partial charge in [0.05, 0.1) is 18.7 Å². The van der Waals surface area contributed by atoms with Gasteiger partial charge in [-0.05, 0) is 42.7 Å². The van der Waals surface area contributed by atoms with Gasteiger partial charge in [-0.3, -0.25) is 4.79 Å². The summed E-state index contributed by atoms with van der Waals surface area (Å²) in [6.07, 6.45) is 6.28. The second kappa shape index (κ2) is 9.90. The number of urea groups is 1. The van der Waals surface area contributed by atoms with Gasteiger partial charge in [-0.15, -0.1) is 0 Å². The fourth-order valence-corrected chi connectivity index (χ4v) is 5.60. The standard InChI is InChI=1S/C28H31N3O3/c32-19-25-27(22-15-13-21(14-16-22)12-11-20-7-3-1-4-8-20)24-17-30(18-26(33)31(24)25)28(34)29-23-9-5-2-6-10-23/h2,5-6,9-10,13-16,20,24-25,27,32H,1,3-4,7-8,17-19H2,(H,29,34)/t24-,25-,27-/m1/s1. The number of para-hydroxylation sites is 1. The predicted octanol–water partition coefficient (Wildman–Crippen LogP) is 3.82. The van der Waals surface area contributed by atoms with Crippen molar-refractivity contribution in [1.82, 2.24) is 9.80 Å². The lowest BCUT2D eigenvalue weighted by atomic mass is 9.73. The number of anilines is 1. The molecule has 3 aliphatic rings. The third kappa shape index (κ3) is 4.53. The molecule has 0 unspecified atom stereocenters. The van der Waals surface area contributed by atoms with Crippen LogP contribution in [-0.2, 0) is 4.79 Å². The number of fused-ring (bicyclic) bond motifs is 1. The van der Waals surface area contributed by atoms with Crippen LogP contribution < -0.4 is 5.32 Å². The highest BCUT2D eigenvalue weighted by molar-refractivity contribution is 5.93. The Morgan fingerprint density at radius 2 is 1.76 bits per heavy atom. The summed E-state index contributed by atoms with van der Waals surface area (Å²) in [6.45, 7) is 0.370. The highest BCUT2D eigenvalue weighted by Gasteiger charge is 2.54. The van der Waals surface area contributed by atoms with Gasteiger partial charge < -0.3 is 20.2 Å². The van der Waals surface area contributed by atoms with Gasteiger partial charge in [-0.2, -0.15) is 0 Å². The fraction of sp³-hybridized carbons (Fsp3) is 0.429. The van der Waals surface area contributed by atoms with E-state index in [0.717, 1.165) is 11.1 Å². The number of carbonyl (C=O) groups excluding carboxylic acids is 2. The van der Waals surface area contributed by atoms with Gasteiger partial charge >= 0.3 is 6.03 Å². The van der Waals surface area contributed by atoms with E-state index in [0.29, 0.717) is 18.2 Å². The summed E-state index contributed by atoms with van der Waals surface area (Å²) in [4.78, 5) is 29.0. The number of rotatable bonds is 3. The van der Waals surface area contributed by atoms with E-state index in [1.807, 2.05) is 42.5 Å². The monoisotopic (exact) mass is 457 g/mol. The van der Waals surface area contributed by atoms with E-state index in [2.05, 4.69) is 29.3 Å². The van der Waals surface area contributed by atoms with Crippen molar-refractivity contribution < 1.29 is 14.7 Å². The Labute approximate surface area is 200 Å². The number of aliphatic hydroxyl groups is 1. The Morgan fingerprint density at radius 1 is 1.03 bits per heavy atom. The van der Waals surface area contributed by atoms with E-state index < -0.39 is 0 Å². The van der Waals surface area contributed by atoms with E-state index in [1.165, 1.54) is 32.1 Å². The van der Waals surface area contributed by atoms with Crippen molar-refractivity contribution in [2.75, 3.05) is 25.0 Å². The molecular formula is C28H31N3O3. The van der Waals surface area contributed by atoms with Crippen molar-refractivity contribution in [1.29, 1.82) is 0 Å². The average Bonchev–Trinajstić information content (AvgIpc) is 2.86. The molecule has 6 nitrogen and oxygen atoms in total. The van der Waals surface area contributed by atoms with Crippen LogP contribution >= 0.6 is 0 Å². The highest BCUT2D eigenvalue weighted by atomic mass is 16.3. The topological polar surface area (TPSA) is 72.9 Å². The van der Waals surface area contributed by atoms with Crippen molar-refractivity contribution in [3.05, 3.63) is 65.7 Å². The van der Waals surface area contributed by atoms with E-state index in [1.54, 1.807) is 9.80 Å². The Hall–Kier alpha value is -3.30. The van der Waals surface area contributed by atoms with Crippen LogP contribution in [0.3, 0.4) is 0 Å². The molecule has 2 saturated heterocycles. The lowest BCUT2D eigenvalue weighted by molar-refractivity contribution is -0.159. The maximum Gasteiger partial charge on any atom is 0.322 e. The molecule has 1 saturated carbocycles. The Morgan fingerprint density at radius 3 is 2.47 bits per heavy atom. The van der Waals surface area contributed by atoms with Crippen LogP contribution in [0.5, 0.6) is 0 Å². The number of nitrogens with zero attached hydrogens (tertiary/aromatic N) is 2. The average molecular weight is 458 g/mol. The third-order valence-electron chi connectivity index (χ3n) is 7.39. The number of benzene rings is 2. The molecule has 2 aromatic rings. The second-order valence-corrected chi connectivity index (χ2v) is 9.55. The van der Waals surface area contributed by atoms with Gasteiger partial charge in [-0.25, -0.2) is 4.79 Å². The fourth-order valence-electron chi connectivity index (χ4n) is 5.60. The van der Waals surface area contributed by atoms with E-state index >= 15 is 0 Å². The number of carbonyl (C=O) groups is 2. The van der Waals surface area contributed by atoms with Crippen molar-refractivity contribution in [2.24, 2.45) is 5.92 Å². The van der Waals surface area contributed by atoms with Crippen molar-refractivity contribution in [3.8, 4) is 11.8 Å². The van der Waals surface area contributed by atoms with E-state index in [-0.39, 0.29) is 43.1 Å². The molecule has 6 heteroatoms. The first-order chi connectivity index (χ1) is 16.6. The molecule has 1 aliphatic carbocycles. The quantitative estimate of drug-likeness (QED) is 0.689. The molecule has 34 heavy (non-hydrogen) atoms. The van der Waals surface area contributed by atoms with Crippen LogP contribution in [0, 0.1) is 17.8 Å². The third-order valence-corrected chi connectivity index (χ3v) is 7.39. The number of aliphatic hydroxyl groups excluding tert-OH is 1. The van der Waals surface area contributed by atoms with Crippen molar-refractivity contribution in [3.63, 3.8) is 0 Å². The lowest BCUT2D eigenvalue weighted by Crippen LogP contribution is -2.73. The maximum absolute atomic E-state index is 12.8. The number of hydrogen-bond acceptors (Lipinski definition) is 3. The number of nitrogens with one attached hydrogen (secondary N) is 1. The molecule has 0 aromatic heterocycles. The van der Waals surface area contributed by atoms with Crippen LogP contribution in [0.25, 0.3) is 0 Å². The first-order valence-corrected chi connectivity index (χ1v) is 12.3. The zero-order chi connectivity index (χ0) is 23.5. The smallest absolute Gasteiger partial charge is 0.322 e. The van der Waals surface area contributed by atoms with Gasteiger partial charge in [0.25, 0.3) is 0 Å². The number of amides is 3. The van der Waals surface area contributed by atoms with Crippen LogP contribution in [0.2, 0.25) is 0 Å². The summed E-state index contributed by atoms with van der Waals surface area (Å²) in [7, 11) is 0. The molecule has 5 rings (SSSR count). The summed E-state index contributed by atoms with van der Waals surface area (Å²) in [6, 6.07) is 16.8. The van der Waals surface area contributed by atoms with Gasteiger partial charge in [0, 0.05) is 29.6 Å². The van der Waals surface area contributed by atoms with Crippen molar-refractivity contribution in [2.45, 2.75) is 50.1 Å². The van der Waals surface area contributed by atoms with Crippen LogP contribution in [0.4, 0.5) is 10.5 Å². The zero-order valence-corrected chi connectivity index (χ0v) is 19.3. The zero-order valence-electron chi connectivity index (χ0n) is 19.3. The van der Waals surface area contributed by atoms with Crippen LogP contribution in [-0.4, -0.2) is 58.6 Å². The minimum atomic E-state index is -0.279. The minimum Gasteiger partial charge on any atom is -0.394 e. The lowest BCUT2D eigenvalue weighted by Gasteiger charge is -2.58. The predicted molar refractivity (Wildman–Crippen MR) is 131 cm³/mol. The molecule has 176 valence electrons. The van der Waals surface area contributed by atoms with Gasteiger partial charge in [-0.1, -0.05) is 61.4 Å². The molecule has 2 N–H and O–H groups in total. The molecule has 0 radical (unpaired) electrons. The molecular weight excluding hydrogens is 426 g/mol. The van der Waals surface area contributed by atoms with Gasteiger partial charge in [0.1, 0.15) is 6.54 Å². The van der Waals surface area contributed by atoms with E-state index in [4.69, 9.17) is 0 Å². The minimum absolute atomic E-state index is 0.0124. The Balaban J connectivity index is 1.28. The second-order valence-electron chi connectivity index (χ2n) is 9.55. The SMILES string of the molecule is O=C(Nc1ccccc1)N1CC(=O)N2[C@H](CO)[C@H](c3ccc(C#CC4CCCCC4)cc3)[C@H]2C1. The number of hydrogen-bond donors (Lipinski definition) is 2. The molecule has 3 atom stereocenters. The molecule has 0 bridgehead atoms. The van der Waals surface area contributed by atoms with Crippen LogP contribution in [0.1, 0.15) is 49.1 Å². The largest absolute Gasteiger partial charge is 0.394 e. The van der Waals surface area contributed by atoms with E-state index in [9.17, 15) is 14.7 Å². The molecule has 3 fully saturated rings. The molecule has 2 heterocycles. The molecule has 3 amide bonds.